The molecular weight excluding hydrogens is 328 g/mol. The number of pyridine rings is 1. The van der Waals surface area contributed by atoms with E-state index in [1.54, 1.807) is 24.7 Å². The van der Waals surface area contributed by atoms with Crippen molar-refractivity contribution in [1.29, 1.82) is 0 Å². The summed E-state index contributed by atoms with van der Waals surface area (Å²) in [5.74, 6) is 0.428. The topological polar surface area (TPSA) is 75.9 Å². The quantitative estimate of drug-likeness (QED) is 0.765. The van der Waals surface area contributed by atoms with Crippen LogP contribution in [0.1, 0.15) is 28.8 Å². The number of aromatic nitrogens is 4. The van der Waals surface area contributed by atoms with E-state index in [1.807, 2.05) is 12.1 Å². The molecule has 2 aromatic heterocycles. The first-order valence-electron chi connectivity index (χ1n) is 8.73. The number of carbonyl (C=O) groups is 1. The summed E-state index contributed by atoms with van der Waals surface area (Å²) in [6.07, 6.45) is 7.04. The molecule has 1 aromatic carbocycles. The first-order valence-corrected chi connectivity index (χ1v) is 8.73. The zero-order valence-electron chi connectivity index (χ0n) is 14.4. The number of hydrogen-bond acceptors (Lipinski definition) is 5. The minimum atomic E-state index is -0.134. The van der Waals surface area contributed by atoms with Crippen molar-refractivity contribution >= 4 is 11.6 Å². The fourth-order valence-corrected chi connectivity index (χ4v) is 3.22. The van der Waals surface area contributed by atoms with E-state index in [2.05, 4.69) is 37.4 Å². The lowest BCUT2D eigenvalue weighted by Gasteiger charge is -2.21. The number of anilines is 1. The molecular formula is C19H20N6O. The molecule has 0 saturated carbocycles. The minimum Gasteiger partial charge on any atom is -0.371 e. The van der Waals surface area contributed by atoms with Gasteiger partial charge in [0.1, 0.15) is 12.7 Å². The Morgan fingerprint density at radius 1 is 1.15 bits per heavy atom. The molecule has 1 saturated heterocycles. The maximum absolute atomic E-state index is 12.6. The van der Waals surface area contributed by atoms with Crippen molar-refractivity contribution in [2.75, 3.05) is 18.0 Å². The standard InChI is InChI=1S/C19H20N6O/c26-19(15-7-8-21-18(11-15)25-14-20-13-23-25)22-12-16-5-1-2-6-17(16)24-9-3-4-10-24/h1-2,5-8,11,13-14H,3-4,9-10,12H2,(H,22,26). The average molecular weight is 348 g/mol. The maximum atomic E-state index is 12.6. The van der Waals surface area contributed by atoms with Crippen molar-refractivity contribution < 1.29 is 4.79 Å². The summed E-state index contributed by atoms with van der Waals surface area (Å²) < 4.78 is 1.53. The first kappa shape index (κ1) is 16.3. The molecule has 0 unspecified atom stereocenters. The van der Waals surface area contributed by atoms with E-state index in [1.165, 1.54) is 29.5 Å². The highest BCUT2D eigenvalue weighted by Crippen LogP contribution is 2.24. The van der Waals surface area contributed by atoms with Gasteiger partial charge in [0, 0.05) is 37.1 Å². The van der Waals surface area contributed by atoms with Crippen molar-refractivity contribution in [3.05, 3.63) is 66.4 Å². The van der Waals surface area contributed by atoms with Gasteiger partial charge in [-0.15, -0.1) is 0 Å². The normalized spacial score (nSPS) is 13.8. The van der Waals surface area contributed by atoms with Gasteiger partial charge >= 0.3 is 0 Å². The lowest BCUT2D eigenvalue weighted by molar-refractivity contribution is 0.0951. The molecule has 0 bridgehead atoms. The van der Waals surface area contributed by atoms with Crippen LogP contribution in [0.2, 0.25) is 0 Å². The van der Waals surface area contributed by atoms with Crippen molar-refractivity contribution in [1.82, 2.24) is 25.1 Å². The third-order valence-electron chi connectivity index (χ3n) is 4.54. The van der Waals surface area contributed by atoms with Gasteiger partial charge in [-0.3, -0.25) is 4.79 Å². The van der Waals surface area contributed by atoms with Crippen LogP contribution in [0.5, 0.6) is 0 Å². The highest BCUT2D eigenvalue weighted by molar-refractivity contribution is 5.94. The van der Waals surface area contributed by atoms with Crippen molar-refractivity contribution in [3.63, 3.8) is 0 Å². The summed E-state index contributed by atoms with van der Waals surface area (Å²) in [7, 11) is 0. The number of benzene rings is 1. The van der Waals surface area contributed by atoms with Gasteiger partial charge in [-0.25, -0.2) is 14.6 Å². The number of nitrogens with zero attached hydrogens (tertiary/aromatic N) is 5. The van der Waals surface area contributed by atoms with Gasteiger partial charge < -0.3 is 10.2 Å². The van der Waals surface area contributed by atoms with Crippen LogP contribution >= 0.6 is 0 Å². The molecule has 3 heterocycles. The molecule has 7 heteroatoms. The first-order chi connectivity index (χ1) is 12.8. The fourth-order valence-electron chi connectivity index (χ4n) is 3.22. The summed E-state index contributed by atoms with van der Waals surface area (Å²) in [6, 6.07) is 11.7. The second-order valence-electron chi connectivity index (χ2n) is 6.25. The molecule has 1 amide bonds. The zero-order valence-corrected chi connectivity index (χ0v) is 14.4. The van der Waals surface area contributed by atoms with E-state index in [4.69, 9.17) is 0 Å². The van der Waals surface area contributed by atoms with Gasteiger partial charge in [0.15, 0.2) is 5.82 Å². The summed E-state index contributed by atoms with van der Waals surface area (Å²) in [4.78, 5) is 23.1. The van der Waals surface area contributed by atoms with Crippen LogP contribution in [-0.4, -0.2) is 38.7 Å². The van der Waals surface area contributed by atoms with Crippen LogP contribution in [0, 0.1) is 0 Å². The minimum absolute atomic E-state index is 0.134. The maximum Gasteiger partial charge on any atom is 0.251 e. The molecule has 1 aliphatic rings. The second kappa shape index (κ2) is 7.35. The van der Waals surface area contributed by atoms with Gasteiger partial charge in [0.25, 0.3) is 5.91 Å². The molecule has 0 spiro atoms. The third-order valence-corrected chi connectivity index (χ3v) is 4.54. The van der Waals surface area contributed by atoms with E-state index in [-0.39, 0.29) is 5.91 Å². The van der Waals surface area contributed by atoms with E-state index in [0.717, 1.165) is 18.7 Å². The van der Waals surface area contributed by atoms with E-state index in [0.29, 0.717) is 17.9 Å². The Labute approximate surface area is 151 Å². The van der Waals surface area contributed by atoms with E-state index >= 15 is 0 Å². The lowest BCUT2D eigenvalue weighted by atomic mass is 10.1. The summed E-state index contributed by atoms with van der Waals surface area (Å²) in [5, 5.41) is 7.05. The molecule has 26 heavy (non-hydrogen) atoms. The average Bonchev–Trinajstić information content (AvgIpc) is 3.40. The van der Waals surface area contributed by atoms with E-state index in [9.17, 15) is 4.79 Å². The SMILES string of the molecule is O=C(NCc1ccccc1N1CCCC1)c1ccnc(-n2cncn2)c1. The number of rotatable bonds is 5. The van der Waals surface area contributed by atoms with Gasteiger partial charge in [0.05, 0.1) is 0 Å². The molecule has 132 valence electrons. The number of carbonyl (C=O) groups excluding carboxylic acids is 1. The third kappa shape index (κ3) is 3.42. The summed E-state index contributed by atoms with van der Waals surface area (Å²) >= 11 is 0. The van der Waals surface area contributed by atoms with Gasteiger partial charge in [-0.1, -0.05) is 18.2 Å². The van der Waals surface area contributed by atoms with E-state index < -0.39 is 0 Å². The molecule has 0 radical (unpaired) electrons. The molecule has 0 atom stereocenters. The van der Waals surface area contributed by atoms with Gasteiger partial charge in [-0.2, -0.15) is 5.10 Å². The van der Waals surface area contributed by atoms with Crippen LogP contribution < -0.4 is 10.2 Å². The Kier molecular flexibility index (Phi) is 4.59. The monoisotopic (exact) mass is 348 g/mol. The predicted molar refractivity (Wildman–Crippen MR) is 98.2 cm³/mol. The highest BCUT2D eigenvalue weighted by Gasteiger charge is 2.16. The predicted octanol–water partition coefficient (Wildman–Crippen LogP) is 2.19. The number of para-hydroxylation sites is 1. The molecule has 4 rings (SSSR count). The largest absolute Gasteiger partial charge is 0.371 e. The van der Waals surface area contributed by atoms with Crippen LogP contribution in [0.3, 0.4) is 0 Å². The highest BCUT2D eigenvalue weighted by atomic mass is 16.1. The van der Waals surface area contributed by atoms with Gasteiger partial charge in [-0.05, 0) is 36.6 Å². The Balaban J connectivity index is 1.47. The Morgan fingerprint density at radius 2 is 2.00 bits per heavy atom. The molecule has 1 fully saturated rings. The zero-order chi connectivity index (χ0) is 17.8. The van der Waals surface area contributed by atoms with Crippen LogP contribution in [-0.2, 0) is 6.54 Å². The molecule has 3 aromatic rings. The summed E-state index contributed by atoms with van der Waals surface area (Å²) in [6.45, 7) is 2.65. The molecule has 1 aliphatic heterocycles. The molecule has 1 N–H and O–H groups in total. The Bertz CT molecular complexity index is 887. The summed E-state index contributed by atoms with van der Waals surface area (Å²) in [5.41, 5.74) is 2.89. The van der Waals surface area contributed by atoms with Crippen LogP contribution in [0.15, 0.2) is 55.2 Å². The molecule has 0 aliphatic carbocycles. The van der Waals surface area contributed by atoms with Crippen LogP contribution in [0.25, 0.3) is 5.82 Å². The number of amides is 1. The second-order valence-corrected chi connectivity index (χ2v) is 6.25. The van der Waals surface area contributed by atoms with Crippen molar-refractivity contribution in [2.45, 2.75) is 19.4 Å². The smallest absolute Gasteiger partial charge is 0.251 e. The fraction of sp³-hybridized carbons (Fsp3) is 0.263. The lowest BCUT2D eigenvalue weighted by Crippen LogP contribution is -2.25. The molecule has 7 nitrogen and oxygen atoms in total. The Morgan fingerprint density at radius 3 is 2.81 bits per heavy atom. The van der Waals surface area contributed by atoms with Gasteiger partial charge in [0.2, 0.25) is 0 Å². The number of hydrogen-bond donors (Lipinski definition) is 1. The number of nitrogens with one attached hydrogen (secondary N) is 1. The Hall–Kier alpha value is -3.22. The van der Waals surface area contributed by atoms with Crippen LogP contribution in [0.4, 0.5) is 5.69 Å². The van der Waals surface area contributed by atoms with Crippen molar-refractivity contribution in [3.8, 4) is 5.82 Å². The van der Waals surface area contributed by atoms with Crippen molar-refractivity contribution in [2.24, 2.45) is 0 Å².